The van der Waals surface area contributed by atoms with Gasteiger partial charge in [0.25, 0.3) is 5.91 Å². The molecule has 0 aromatic heterocycles. The highest BCUT2D eigenvalue weighted by Gasteiger charge is 2.13. The Hall–Kier alpha value is -2.49. The van der Waals surface area contributed by atoms with Crippen LogP contribution < -0.4 is 15.8 Å². The number of benzene rings is 2. The number of hydrogen-bond donors (Lipinski definition) is 2. The summed E-state index contributed by atoms with van der Waals surface area (Å²) in [5.41, 5.74) is 9.71. The Balaban J connectivity index is 1.83. The number of carbonyl (C=O) groups is 1. The number of ether oxygens (including phenoxy) is 1. The monoisotopic (exact) mass is 282 g/mol. The molecule has 0 radical (unpaired) electrons. The van der Waals surface area contributed by atoms with E-state index in [2.05, 4.69) is 17.4 Å². The van der Waals surface area contributed by atoms with Crippen LogP contribution in [0.2, 0.25) is 0 Å². The molecule has 0 aliphatic heterocycles. The van der Waals surface area contributed by atoms with Gasteiger partial charge < -0.3 is 15.8 Å². The lowest BCUT2D eigenvalue weighted by atomic mass is 10.1. The summed E-state index contributed by atoms with van der Waals surface area (Å²) in [6.07, 6.45) is 3.47. The van der Waals surface area contributed by atoms with Gasteiger partial charge in [0.2, 0.25) is 0 Å². The minimum atomic E-state index is -0.161. The smallest absolute Gasteiger partial charge is 0.251 e. The lowest BCUT2D eigenvalue weighted by Gasteiger charge is -2.11. The number of nitrogens with one attached hydrogen (secondary N) is 1. The first-order valence-corrected chi connectivity index (χ1v) is 7.08. The van der Waals surface area contributed by atoms with Gasteiger partial charge in [-0.1, -0.05) is 6.07 Å². The SMILES string of the molecule is CNC(=O)c1ccc(Oc2ccc3c(c2)CCC3)c(N)c1. The molecule has 0 spiro atoms. The van der Waals surface area contributed by atoms with Crippen molar-refractivity contribution in [3.8, 4) is 11.5 Å². The molecule has 21 heavy (non-hydrogen) atoms. The average molecular weight is 282 g/mol. The van der Waals surface area contributed by atoms with Crippen molar-refractivity contribution in [3.05, 3.63) is 53.1 Å². The number of aryl methyl sites for hydroxylation is 2. The maximum absolute atomic E-state index is 11.6. The molecule has 0 fully saturated rings. The molecule has 1 aliphatic rings. The van der Waals surface area contributed by atoms with Crippen LogP contribution in [0.4, 0.5) is 5.69 Å². The standard InChI is InChI=1S/C17H18N2O2/c1-19-17(20)13-6-8-16(15(18)10-13)21-14-7-5-11-3-2-4-12(11)9-14/h5-10H,2-4,18H2,1H3,(H,19,20). The second-order valence-corrected chi connectivity index (χ2v) is 5.22. The Morgan fingerprint density at radius 3 is 2.71 bits per heavy atom. The molecule has 0 atom stereocenters. The fourth-order valence-corrected chi connectivity index (χ4v) is 2.67. The highest BCUT2D eigenvalue weighted by Crippen LogP contribution is 2.31. The van der Waals surface area contributed by atoms with Crippen molar-refractivity contribution in [3.63, 3.8) is 0 Å². The van der Waals surface area contributed by atoms with E-state index in [0.29, 0.717) is 17.0 Å². The zero-order chi connectivity index (χ0) is 14.8. The highest BCUT2D eigenvalue weighted by atomic mass is 16.5. The van der Waals surface area contributed by atoms with Crippen molar-refractivity contribution in [2.75, 3.05) is 12.8 Å². The van der Waals surface area contributed by atoms with Crippen molar-refractivity contribution in [1.82, 2.24) is 5.32 Å². The van der Waals surface area contributed by atoms with Crippen LogP contribution in [0.5, 0.6) is 11.5 Å². The van der Waals surface area contributed by atoms with Crippen LogP contribution in [-0.2, 0) is 12.8 Å². The normalized spacial score (nSPS) is 12.8. The molecule has 4 heteroatoms. The van der Waals surface area contributed by atoms with E-state index in [1.54, 1.807) is 25.2 Å². The number of nitrogens with two attached hydrogens (primary N) is 1. The van der Waals surface area contributed by atoms with Gasteiger partial charge in [0, 0.05) is 12.6 Å². The summed E-state index contributed by atoms with van der Waals surface area (Å²) in [6.45, 7) is 0. The molecule has 4 nitrogen and oxygen atoms in total. The van der Waals surface area contributed by atoms with Crippen LogP contribution in [0.1, 0.15) is 27.9 Å². The number of amides is 1. The van der Waals surface area contributed by atoms with Gasteiger partial charge >= 0.3 is 0 Å². The molecule has 2 aromatic rings. The first-order valence-electron chi connectivity index (χ1n) is 7.08. The van der Waals surface area contributed by atoms with E-state index in [4.69, 9.17) is 10.5 Å². The van der Waals surface area contributed by atoms with Crippen molar-refractivity contribution >= 4 is 11.6 Å². The molecule has 2 aromatic carbocycles. The first-order chi connectivity index (χ1) is 10.2. The summed E-state index contributed by atoms with van der Waals surface area (Å²) in [5.74, 6) is 1.20. The second kappa shape index (κ2) is 5.48. The summed E-state index contributed by atoms with van der Waals surface area (Å²) in [7, 11) is 1.59. The van der Waals surface area contributed by atoms with Crippen LogP contribution in [0, 0.1) is 0 Å². The first kappa shape index (κ1) is 13.5. The van der Waals surface area contributed by atoms with Crippen molar-refractivity contribution in [2.45, 2.75) is 19.3 Å². The van der Waals surface area contributed by atoms with E-state index in [0.717, 1.165) is 18.6 Å². The van der Waals surface area contributed by atoms with Crippen LogP contribution in [0.3, 0.4) is 0 Å². The molecule has 3 N–H and O–H groups in total. The van der Waals surface area contributed by atoms with E-state index < -0.39 is 0 Å². The minimum absolute atomic E-state index is 0.161. The summed E-state index contributed by atoms with van der Waals surface area (Å²) in [6, 6.07) is 11.2. The third kappa shape index (κ3) is 2.70. The number of nitrogen functional groups attached to an aromatic ring is 1. The summed E-state index contributed by atoms with van der Waals surface area (Å²) in [5, 5.41) is 2.57. The fraction of sp³-hybridized carbons (Fsp3) is 0.235. The molecule has 0 saturated carbocycles. The molecule has 0 bridgehead atoms. The summed E-state index contributed by atoms with van der Waals surface area (Å²) >= 11 is 0. The Morgan fingerprint density at radius 2 is 1.95 bits per heavy atom. The molecular weight excluding hydrogens is 264 g/mol. The molecule has 0 saturated heterocycles. The number of carbonyl (C=O) groups excluding carboxylic acids is 1. The Labute approximate surface area is 123 Å². The van der Waals surface area contributed by atoms with Crippen molar-refractivity contribution in [1.29, 1.82) is 0 Å². The Kier molecular flexibility index (Phi) is 3.52. The maximum atomic E-state index is 11.6. The highest BCUT2D eigenvalue weighted by molar-refractivity contribution is 5.95. The Morgan fingerprint density at radius 1 is 1.14 bits per heavy atom. The Bertz CT molecular complexity index is 695. The molecular formula is C17H18N2O2. The second-order valence-electron chi connectivity index (χ2n) is 5.22. The predicted molar refractivity (Wildman–Crippen MR) is 82.8 cm³/mol. The number of hydrogen-bond acceptors (Lipinski definition) is 3. The number of fused-ring (bicyclic) bond motifs is 1. The van der Waals surface area contributed by atoms with Crippen molar-refractivity contribution < 1.29 is 9.53 Å². The van der Waals surface area contributed by atoms with Crippen molar-refractivity contribution in [2.24, 2.45) is 0 Å². The molecule has 108 valence electrons. The van der Waals surface area contributed by atoms with Gasteiger partial charge in [0.1, 0.15) is 11.5 Å². The average Bonchev–Trinajstić information content (AvgIpc) is 2.96. The van der Waals surface area contributed by atoms with E-state index in [-0.39, 0.29) is 5.91 Å². The van der Waals surface area contributed by atoms with E-state index in [9.17, 15) is 4.79 Å². The van der Waals surface area contributed by atoms with Gasteiger partial charge in [-0.2, -0.15) is 0 Å². The maximum Gasteiger partial charge on any atom is 0.251 e. The quantitative estimate of drug-likeness (QED) is 0.851. The summed E-state index contributed by atoms with van der Waals surface area (Å²) in [4.78, 5) is 11.6. The van der Waals surface area contributed by atoms with Crippen LogP contribution in [-0.4, -0.2) is 13.0 Å². The van der Waals surface area contributed by atoms with E-state index in [1.807, 2.05) is 6.07 Å². The van der Waals surface area contributed by atoms with Gasteiger partial charge in [-0.15, -0.1) is 0 Å². The number of anilines is 1. The largest absolute Gasteiger partial charge is 0.455 e. The zero-order valence-corrected chi connectivity index (χ0v) is 12.0. The van der Waals surface area contributed by atoms with Gasteiger partial charge in [-0.3, -0.25) is 4.79 Å². The molecule has 0 unspecified atom stereocenters. The predicted octanol–water partition coefficient (Wildman–Crippen LogP) is 2.91. The van der Waals surface area contributed by atoms with Crippen LogP contribution in [0.15, 0.2) is 36.4 Å². The fourth-order valence-electron chi connectivity index (χ4n) is 2.67. The van der Waals surface area contributed by atoms with Gasteiger partial charge in [-0.05, 0) is 60.7 Å². The molecule has 1 aliphatic carbocycles. The van der Waals surface area contributed by atoms with Crippen LogP contribution in [0.25, 0.3) is 0 Å². The minimum Gasteiger partial charge on any atom is -0.455 e. The molecule has 1 amide bonds. The van der Waals surface area contributed by atoms with E-state index in [1.165, 1.54) is 17.5 Å². The molecule has 0 heterocycles. The zero-order valence-electron chi connectivity index (χ0n) is 12.0. The lowest BCUT2D eigenvalue weighted by Crippen LogP contribution is -2.17. The third-order valence-corrected chi connectivity index (χ3v) is 3.80. The topological polar surface area (TPSA) is 64.3 Å². The third-order valence-electron chi connectivity index (χ3n) is 3.80. The lowest BCUT2D eigenvalue weighted by molar-refractivity contribution is 0.0963. The number of rotatable bonds is 3. The van der Waals surface area contributed by atoms with Crippen LogP contribution >= 0.6 is 0 Å². The van der Waals surface area contributed by atoms with E-state index >= 15 is 0 Å². The molecule has 3 rings (SSSR count). The summed E-state index contributed by atoms with van der Waals surface area (Å²) < 4.78 is 5.85. The van der Waals surface area contributed by atoms with Gasteiger partial charge in [0.05, 0.1) is 5.69 Å². The van der Waals surface area contributed by atoms with Gasteiger partial charge in [0.15, 0.2) is 0 Å². The van der Waals surface area contributed by atoms with Gasteiger partial charge in [-0.25, -0.2) is 0 Å².